The zero-order valence-electron chi connectivity index (χ0n) is 16.6. The molecule has 3 aromatic carbocycles. The fourth-order valence-electron chi connectivity index (χ4n) is 2.55. The van der Waals surface area contributed by atoms with Gasteiger partial charge >= 0.3 is 0 Å². The highest BCUT2D eigenvalue weighted by molar-refractivity contribution is 7.80. The van der Waals surface area contributed by atoms with E-state index in [1.165, 1.54) is 6.08 Å². The number of hydrogen-bond donors (Lipinski definition) is 3. The molecule has 156 valence electrons. The maximum absolute atomic E-state index is 12.2. The molecule has 0 saturated heterocycles. The van der Waals surface area contributed by atoms with Crippen LogP contribution >= 0.6 is 12.2 Å². The molecule has 0 aliphatic rings. The van der Waals surface area contributed by atoms with Gasteiger partial charge in [0.1, 0.15) is 12.4 Å². The third-order valence-electron chi connectivity index (χ3n) is 4.12. The first-order valence-corrected chi connectivity index (χ1v) is 9.92. The van der Waals surface area contributed by atoms with Crippen molar-refractivity contribution in [2.24, 2.45) is 0 Å². The summed E-state index contributed by atoms with van der Waals surface area (Å²) in [5.74, 6) is -0.150. The monoisotopic (exact) mass is 431 g/mol. The number of rotatable bonds is 6. The number of carbonyl (C=O) groups is 2. The zero-order chi connectivity index (χ0) is 21.9. The van der Waals surface area contributed by atoms with Crippen LogP contribution in [0, 0.1) is 0 Å². The van der Waals surface area contributed by atoms with Gasteiger partial charge in [0.05, 0.1) is 0 Å². The number of amides is 2. The van der Waals surface area contributed by atoms with E-state index in [4.69, 9.17) is 17.0 Å². The molecular formula is C24H21N3O3S. The molecule has 7 heteroatoms. The van der Waals surface area contributed by atoms with Gasteiger partial charge in [-0.2, -0.15) is 0 Å². The molecule has 3 N–H and O–H groups in total. The summed E-state index contributed by atoms with van der Waals surface area (Å²) in [6.07, 6.45) is 3.03. The van der Waals surface area contributed by atoms with E-state index >= 15 is 0 Å². The van der Waals surface area contributed by atoms with E-state index in [2.05, 4.69) is 16.2 Å². The van der Waals surface area contributed by atoms with Crippen LogP contribution < -0.4 is 20.9 Å². The van der Waals surface area contributed by atoms with Crippen molar-refractivity contribution in [1.29, 1.82) is 0 Å². The Morgan fingerprint density at radius 2 is 1.48 bits per heavy atom. The third kappa shape index (κ3) is 7.41. The smallest absolute Gasteiger partial charge is 0.269 e. The number of hydrogen-bond acceptors (Lipinski definition) is 4. The van der Waals surface area contributed by atoms with E-state index in [-0.39, 0.29) is 5.11 Å². The first kappa shape index (κ1) is 21.7. The maximum atomic E-state index is 12.2. The molecule has 6 nitrogen and oxygen atoms in total. The van der Waals surface area contributed by atoms with Crippen LogP contribution in [0.2, 0.25) is 0 Å². The van der Waals surface area contributed by atoms with Crippen molar-refractivity contribution in [3.8, 4) is 5.75 Å². The molecule has 0 aliphatic carbocycles. The molecule has 0 spiro atoms. The summed E-state index contributed by atoms with van der Waals surface area (Å²) in [6.45, 7) is 0.445. The topological polar surface area (TPSA) is 79.5 Å². The molecular weight excluding hydrogens is 410 g/mol. The zero-order valence-corrected chi connectivity index (χ0v) is 17.4. The molecule has 3 aromatic rings. The summed E-state index contributed by atoms with van der Waals surface area (Å²) in [6, 6.07) is 25.9. The van der Waals surface area contributed by atoms with Gasteiger partial charge in [-0.15, -0.1) is 0 Å². The second-order valence-electron chi connectivity index (χ2n) is 6.44. The van der Waals surface area contributed by atoms with E-state index in [0.717, 1.165) is 11.1 Å². The summed E-state index contributed by atoms with van der Waals surface area (Å²) in [5, 5.41) is 2.44. The first-order valence-electron chi connectivity index (χ1n) is 9.51. The minimum Gasteiger partial charge on any atom is -0.489 e. The molecule has 2 amide bonds. The summed E-state index contributed by atoms with van der Waals surface area (Å²) in [5.41, 5.74) is 7.31. The van der Waals surface area contributed by atoms with Crippen LogP contribution in [0.4, 0.5) is 0 Å². The number of nitrogens with one attached hydrogen (secondary N) is 3. The van der Waals surface area contributed by atoms with Gasteiger partial charge in [-0.1, -0.05) is 60.7 Å². The Morgan fingerprint density at radius 1 is 0.839 bits per heavy atom. The van der Waals surface area contributed by atoms with Crippen molar-refractivity contribution in [1.82, 2.24) is 16.2 Å². The van der Waals surface area contributed by atoms with Crippen LogP contribution in [-0.2, 0) is 11.4 Å². The first-order chi connectivity index (χ1) is 15.1. The van der Waals surface area contributed by atoms with Gasteiger partial charge in [-0.3, -0.25) is 25.8 Å². The highest BCUT2D eigenvalue weighted by Crippen LogP contribution is 2.14. The van der Waals surface area contributed by atoms with Crippen molar-refractivity contribution in [2.75, 3.05) is 0 Å². The van der Waals surface area contributed by atoms with Crippen molar-refractivity contribution in [3.05, 3.63) is 108 Å². The number of thiocarbonyl (C=S) groups is 1. The second-order valence-corrected chi connectivity index (χ2v) is 6.85. The standard InChI is InChI=1S/C24H21N3O3S/c28-22(16-11-18-7-3-1-4-8-18)25-24(31)27-26-23(29)20-12-14-21(15-13-20)30-17-19-9-5-2-6-10-19/h1-16H,17H2,(H,26,29)(H2,25,27,28,31). The lowest BCUT2D eigenvalue weighted by Crippen LogP contribution is -2.48. The highest BCUT2D eigenvalue weighted by atomic mass is 32.1. The number of benzene rings is 3. The van der Waals surface area contributed by atoms with Gasteiger partial charge in [0, 0.05) is 11.6 Å². The van der Waals surface area contributed by atoms with Gasteiger partial charge in [0.2, 0.25) is 5.91 Å². The van der Waals surface area contributed by atoms with E-state index in [9.17, 15) is 9.59 Å². The number of ether oxygens (including phenoxy) is 1. The molecule has 0 radical (unpaired) electrons. The van der Waals surface area contributed by atoms with Crippen LogP contribution in [-0.4, -0.2) is 16.9 Å². The molecule has 0 bridgehead atoms. The Hall–Kier alpha value is -3.97. The quantitative estimate of drug-likeness (QED) is 0.316. The van der Waals surface area contributed by atoms with E-state index in [0.29, 0.717) is 17.9 Å². The van der Waals surface area contributed by atoms with Crippen molar-refractivity contribution in [2.45, 2.75) is 6.61 Å². The molecule has 0 fully saturated rings. The summed E-state index contributed by atoms with van der Waals surface area (Å²) in [7, 11) is 0. The van der Waals surface area contributed by atoms with Gasteiger partial charge in [-0.05, 0) is 53.7 Å². The lowest BCUT2D eigenvalue weighted by molar-refractivity contribution is -0.115. The van der Waals surface area contributed by atoms with E-state index in [1.807, 2.05) is 60.7 Å². The molecule has 3 rings (SSSR count). The summed E-state index contributed by atoms with van der Waals surface area (Å²) < 4.78 is 5.70. The fourth-order valence-corrected chi connectivity index (χ4v) is 2.70. The predicted molar refractivity (Wildman–Crippen MR) is 124 cm³/mol. The third-order valence-corrected chi connectivity index (χ3v) is 4.32. The van der Waals surface area contributed by atoms with Gasteiger partial charge in [0.25, 0.3) is 5.91 Å². The molecule has 0 aromatic heterocycles. The molecule has 0 aliphatic heterocycles. The Labute approximate surface area is 185 Å². The Balaban J connectivity index is 1.41. The minimum atomic E-state index is -0.407. The normalized spacial score (nSPS) is 10.3. The van der Waals surface area contributed by atoms with E-state index in [1.54, 1.807) is 30.3 Å². The summed E-state index contributed by atoms with van der Waals surface area (Å²) >= 11 is 5.02. The lowest BCUT2D eigenvalue weighted by atomic mass is 10.2. The minimum absolute atomic E-state index is 0.0149. The summed E-state index contributed by atoms with van der Waals surface area (Å²) in [4.78, 5) is 24.1. The molecule has 0 heterocycles. The molecule has 0 atom stereocenters. The van der Waals surface area contributed by atoms with Crippen molar-refractivity contribution in [3.63, 3.8) is 0 Å². The van der Waals surface area contributed by atoms with Gasteiger partial charge in [0.15, 0.2) is 5.11 Å². The molecule has 31 heavy (non-hydrogen) atoms. The second kappa shape index (κ2) is 11.3. The lowest BCUT2D eigenvalue weighted by Gasteiger charge is -2.10. The van der Waals surface area contributed by atoms with Crippen LogP contribution in [0.15, 0.2) is 91.0 Å². The van der Waals surface area contributed by atoms with Gasteiger partial charge < -0.3 is 4.74 Å². The maximum Gasteiger partial charge on any atom is 0.269 e. The van der Waals surface area contributed by atoms with Gasteiger partial charge in [-0.25, -0.2) is 0 Å². The van der Waals surface area contributed by atoms with E-state index < -0.39 is 11.8 Å². The average Bonchev–Trinajstić information content (AvgIpc) is 2.81. The predicted octanol–water partition coefficient (Wildman–Crippen LogP) is 3.61. The van der Waals surface area contributed by atoms with Crippen molar-refractivity contribution >= 4 is 35.2 Å². The largest absolute Gasteiger partial charge is 0.489 e. The highest BCUT2D eigenvalue weighted by Gasteiger charge is 2.07. The average molecular weight is 432 g/mol. The van der Waals surface area contributed by atoms with Crippen LogP contribution in [0.3, 0.4) is 0 Å². The molecule has 0 saturated carbocycles. The fraction of sp³-hybridized carbons (Fsp3) is 0.0417. The van der Waals surface area contributed by atoms with Crippen LogP contribution in [0.1, 0.15) is 21.5 Å². The Bertz CT molecular complexity index is 1050. The number of hydrazine groups is 1. The Morgan fingerprint density at radius 3 is 2.16 bits per heavy atom. The SMILES string of the molecule is O=C(C=Cc1ccccc1)NC(=S)NNC(=O)c1ccc(OCc2ccccc2)cc1. The van der Waals surface area contributed by atoms with Crippen molar-refractivity contribution < 1.29 is 14.3 Å². The van der Waals surface area contributed by atoms with Crippen LogP contribution in [0.25, 0.3) is 6.08 Å². The molecule has 0 unspecified atom stereocenters. The Kier molecular flexibility index (Phi) is 7.90. The number of carbonyl (C=O) groups excluding carboxylic acids is 2. The van der Waals surface area contributed by atoms with Crippen LogP contribution in [0.5, 0.6) is 5.75 Å².